The van der Waals surface area contributed by atoms with Gasteiger partial charge >= 0.3 is 0 Å². The van der Waals surface area contributed by atoms with Crippen molar-refractivity contribution in [1.29, 1.82) is 0 Å². The Labute approximate surface area is 179 Å². The molecule has 2 aliphatic heterocycles. The minimum atomic E-state index is 0.227. The maximum Gasteiger partial charge on any atom is 0.0780 e. The highest BCUT2D eigenvalue weighted by Gasteiger charge is 2.71. The molecule has 4 saturated carbocycles. The summed E-state index contributed by atoms with van der Waals surface area (Å²) in [6.45, 7) is 0. The summed E-state index contributed by atoms with van der Waals surface area (Å²) in [7, 11) is 0. The summed E-state index contributed by atoms with van der Waals surface area (Å²) in [4.78, 5) is 0. The van der Waals surface area contributed by atoms with E-state index >= 15 is 0 Å². The van der Waals surface area contributed by atoms with E-state index in [0.29, 0.717) is 69.5 Å². The SMILES string of the molecule is ClC1=C(Cl)C2C3CC(C2C(Cl)=C1Cl)C1C2N=NC(C4C5C=CC(CC5)C24)C31. The summed E-state index contributed by atoms with van der Waals surface area (Å²) in [5, 5.41) is 12.2. The molecule has 142 valence electrons. The Morgan fingerprint density at radius 1 is 0.667 bits per heavy atom. The molecule has 6 bridgehead atoms. The summed E-state index contributed by atoms with van der Waals surface area (Å²) in [5.41, 5.74) is 0. The second-order valence-corrected chi connectivity index (χ2v) is 11.3. The molecule has 12 atom stereocenters. The molecule has 7 aliphatic carbocycles. The predicted molar refractivity (Wildman–Crippen MR) is 108 cm³/mol. The highest BCUT2D eigenvalue weighted by Crippen LogP contribution is 2.73. The lowest BCUT2D eigenvalue weighted by atomic mass is 9.46. The first kappa shape index (κ1) is 16.7. The summed E-state index contributed by atoms with van der Waals surface area (Å²) in [5.74, 6) is 5.43. The van der Waals surface area contributed by atoms with Gasteiger partial charge < -0.3 is 0 Å². The van der Waals surface area contributed by atoms with Gasteiger partial charge in [-0.05, 0) is 66.6 Å². The van der Waals surface area contributed by atoms with E-state index < -0.39 is 0 Å². The molecule has 0 N–H and O–H groups in total. The maximum atomic E-state index is 6.76. The van der Waals surface area contributed by atoms with Gasteiger partial charge in [0.2, 0.25) is 0 Å². The van der Waals surface area contributed by atoms with Crippen molar-refractivity contribution in [2.45, 2.75) is 31.3 Å². The molecule has 0 saturated heterocycles. The Morgan fingerprint density at radius 3 is 1.52 bits per heavy atom. The van der Waals surface area contributed by atoms with Crippen molar-refractivity contribution in [3.05, 3.63) is 32.3 Å². The third-order valence-electron chi connectivity index (χ3n) is 9.27. The molecule has 0 aromatic heterocycles. The first-order valence-electron chi connectivity index (χ1n) is 10.3. The van der Waals surface area contributed by atoms with Crippen LogP contribution in [-0.4, -0.2) is 12.1 Å². The zero-order chi connectivity index (χ0) is 18.2. The Balaban J connectivity index is 1.36. The van der Waals surface area contributed by atoms with E-state index in [2.05, 4.69) is 12.2 Å². The molecule has 6 heteroatoms. The van der Waals surface area contributed by atoms with E-state index in [9.17, 15) is 0 Å². The maximum absolute atomic E-state index is 6.76. The van der Waals surface area contributed by atoms with Gasteiger partial charge in [0.25, 0.3) is 0 Å². The van der Waals surface area contributed by atoms with Gasteiger partial charge in [-0.3, -0.25) is 0 Å². The average molecular weight is 442 g/mol. The number of azo groups is 1. The quantitative estimate of drug-likeness (QED) is 0.381. The first-order valence-corrected chi connectivity index (χ1v) is 11.8. The fourth-order valence-electron chi connectivity index (χ4n) is 8.67. The van der Waals surface area contributed by atoms with Gasteiger partial charge in [-0.1, -0.05) is 58.6 Å². The monoisotopic (exact) mass is 440 g/mol. The lowest BCUT2D eigenvalue weighted by Gasteiger charge is -2.61. The zero-order valence-electron chi connectivity index (χ0n) is 14.6. The summed E-state index contributed by atoms with van der Waals surface area (Å²) >= 11 is 26.4. The van der Waals surface area contributed by atoms with Crippen LogP contribution in [0.2, 0.25) is 0 Å². The van der Waals surface area contributed by atoms with Crippen LogP contribution in [0.25, 0.3) is 0 Å². The van der Waals surface area contributed by atoms with Crippen molar-refractivity contribution in [3.63, 3.8) is 0 Å². The van der Waals surface area contributed by atoms with Crippen LogP contribution in [0.4, 0.5) is 0 Å². The number of allylic oxidation sites excluding steroid dienone is 6. The van der Waals surface area contributed by atoms with Crippen molar-refractivity contribution in [2.24, 2.45) is 69.4 Å². The Bertz CT molecular complexity index is 807. The summed E-state index contributed by atoms with van der Waals surface area (Å²) in [6, 6.07) is 0.726. The molecule has 27 heavy (non-hydrogen) atoms. The fourth-order valence-corrected chi connectivity index (χ4v) is 10.0. The standard InChI is InChI=1S/C21H20Cl4N2/c22-16-12-8-5-9(13(12)17(23)19(25)18(16)24)15-14(8)20-10-6-1-2-7(4-3-6)11(10)21(15)27-26-20/h1-2,6-15,20-21H,3-5H2. The average Bonchev–Trinajstić information content (AvgIpc) is 3.30. The predicted octanol–water partition coefficient (Wildman–Crippen LogP) is 6.54. The van der Waals surface area contributed by atoms with Crippen LogP contribution in [0, 0.1) is 59.2 Å². The van der Waals surface area contributed by atoms with Gasteiger partial charge in [-0.25, -0.2) is 0 Å². The van der Waals surface area contributed by atoms with E-state index in [0.717, 1.165) is 10.1 Å². The molecule has 0 aromatic carbocycles. The highest BCUT2D eigenvalue weighted by molar-refractivity contribution is 6.51. The molecule has 4 fully saturated rings. The van der Waals surface area contributed by atoms with E-state index in [-0.39, 0.29) is 11.8 Å². The largest absolute Gasteiger partial charge is 0.190 e. The van der Waals surface area contributed by atoms with Crippen LogP contribution >= 0.6 is 46.4 Å². The van der Waals surface area contributed by atoms with Crippen LogP contribution < -0.4 is 0 Å². The normalized spacial score (nSPS) is 58.8. The first-order chi connectivity index (χ1) is 13.1. The molecule has 9 rings (SSSR count). The van der Waals surface area contributed by atoms with Gasteiger partial charge in [0, 0.05) is 21.9 Å². The number of rotatable bonds is 0. The van der Waals surface area contributed by atoms with Gasteiger partial charge in [0.15, 0.2) is 0 Å². The van der Waals surface area contributed by atoms with E-state index in [1.807, 2.05) is 0 Å². The van der Waals surface area contributed by atoms with Crippen LogP contribution in [0.3, 0.4) is 0 Å². The van der Waals surface area contributed by atoms with Gasteiger partial charge in [-0.2, -0.15) is 10.2 Å². The van der Waals surface area contributed by atoms with Crippen molar-refractivity contribution in [3.8, 4) is 0 Å². The smallest absolute Gasteiger partial charge is 0.0780 e. The molecule has 2 nitrogen and oxygen atoms in total. The van der Waals surface area contributed by atoms with Crippen LogP contribution in [0.1, 0.15) is 19.3 Å². The number of fused-ring (bicyclic) bond motifs is 6. The Morgan fingerprint density at radius 2 is 1.11 bits per heavy atom. The molecular weight excluding hydrogens is 422 g/mol. The second kappa shape index (κ2) is 5.36. The van der Waals surface area contributed by atoms with Gasteiger partial charge in [0.05, 0.1) is 22.1 Å². The third-order valence-corrected chi connectivity index (χ3v) is 11.2. The van der Waals surface area contributed by atoms with Crippen molar-refractivity contribution >= 4 is 46.4 Å². The molecule has 0 aromatic rings. The molecule has 0 radical (unpaired) electrons. The minimum absolute atomic E-state index is 0.227. The number of nitrogens with zero attached hydrogens (tertiary/aromatic N) is 2. The minimum Gasteiger partial charge on any atom is -0.190 e. The van der Waals surface area contributed by atoms with Crippen LogP contribution in [-0.2, 0) is 0 Å². The highest BCUT2D eigenvalue weighted by atomic mass is 35.5. The number of halogens is 4. The lowest BCUT2D eigenvalue weighted by Crippen LogP contribution is -2.63. The van der Waals surface area contributed by atoms with E-state index in [1.54, 1.807) is 0 Å². The third kappa shape index (κ3) is 1.80. The Kier molecular flexibility index (Phi) is 3.33. The van der Waals surface area contributed by atoms with Crippen molar-refractivity contribution in [1.82, 2.24) is 0 Å². The Hall–Kier alpha value is -0.0200. The molecule has 9 aliphatic rings. The number of hydrogen-bond donors (Lipinski definition) is 0. The molecular formula is C21H20Cl4N2. The summed E-state index contributed by atoms with van der Waals surface area (Å²) < 4.78 is 0. The van der Waals surface area contributed by atoms with Gasteiger partial charge in [0.1, 0.15) is 0 Å². The summed E-state index contributed by atoms with van der Waals surface area (Å²) in [6.07, 6.45) is 8.80. The fraction of sp³-hybridized carbons (Fsp3) is 0.714. The van der Waals surface area contributed by atoms with Crippen molar-refractivity contribution in [2.75, 3.05) is 0 Å². The van der Waals surface area contributed by atoms with E-state index in [1.165, 1.54) is 19.3 Å². The number of hydrogen-bond acceptors (Lipinski definition) is 2. The van der Waals surface area contributed by atoms with Gasteiger partial charge in [-0.15, -0.1) is 0 Å². The zero-order valence-corrected chi connectivity index (χ0v) is 17.6. The van der Waals surface area contributed by atoms with Crippen LogP contribution in [0.15, 0.2) is 42.5 Å². The molecule has 2 heterocycles. The van der Waals surface area contributed by atoms with E-state index in [4.69, 9.17) is 56.6 Å². The molecule has 0 spiro atoms. The molecule has 0 amide bonds. The second-order valence-electron chi connectivity index (χ2n) is 9.75. The lowest BCUT2D eigenvalue weighted by molar-refractivity contribution is -0.0773. The van der Waals surface area contributed by atoms with Crippen molar-refractivity contribution < 1.29 is 0 Å². The molecule has 12 unspecified atom stereocenters. The van der Waals surface area contributed by atoms with Crippen LogP contribution in [0.5, 0.6) is 0 Å². The topological polar surface area (TPSA) is 24.7 Å².